The number of benzene rings is 2. The van der Waals surface area contributed by atoms with Gasteiger partial charge < -0.3 is 19.5 Å². The van der Waals surface area contributed by atoms with Crippen molar-refractivity contribution in [2.24, 2.45) is 0 Å². The minimum atomic E-state index is -3.65. The molecule has 1 aliphatic heterocycles. The average Bonchev–Trinajstić information content (AvgIpc) is 2.74. The lowest BCUT2D eigenvalue weighted by atomic mass is 10.2. The molecule has 1 N–H and O–H groups in total. The number of carbonyl (C=O) groups excluding carboxylic acids is 1. The molecule has 0 spiro atoms. The number of nitrogens with one attached hydrogen (secondary N) is 1. The molecule has 0 radical (unpaired) electrons. The van der Waals surface area contributed by atoms with Crippen LogP contribution in [0.3, 0.4) is 0 Å². The molecule has 0 unspecified atom stereocenters. The average molecular weight is 420 g/mol. The minimum Gasteiger partial charge on any atom is -0.493 e. The van der Waals surface area contributed by atoms with Crippen LogP contribution in [0.5, 0.6) is 11.5 Å². The topological polar surface area (TPSA) is 94.2 Å². The number of sulfonamides is 1. The lowest BCUT2D eigenvalue weighted by Crippen LogP contribution is -2.40. The van der Waals surface area contributed by atoms with Gasteiger partial charge in [-0.15, -0.1) is 0 Å². The van der Waals surface area contributed by atoms with Crippen molar-refractivity contribution in [3.8, 4) is 11.5 Å². The smallest absolute Gasteiger partial charge is 0.262 e. The van der Waals surface area contributed by atoms with E-state index in [1.807, 2.05) is 0 Å². The van der Waals surface area contributed by atoms with E-state index in [1.54, 1.807) is 43.3 Å². The highest BCUT2D eigenvalue weighted by Gasteiger charge is 2.26. The molecule has 0 aromatic heterocycles. The van der Waals surface area contributed by atoms with Crippen LogP contribution >= 0.6 is 0 Å². The monoisotopic (exact) mass is 420 g/mol. The summed E-state index contributed by atoms with van der Waals surface area (Å²) in [5.41, 5.74) is 1.17. The zero-order valence-electron chi connectivity index (χ0n) is 16.4. The summed E-state index contributed by atoms with van der Waals surface area (Å²) in [4.78, 5) is 12.5. The summed E-state index contributed by atoms with van der Waals surface area (Å²) in [6, 6.07) is 11.7. The Morgan fingerprint density at radius 1 is 1.14 bits per heavy atom. The molecule has 29 heavy (non-hydrogen) atoms. The normalized spacial score (nSPS) is 15.0. The highest BCUT2D eigenvalue weighted by atomic mass is 32.2. The standard InChI is InChI=1S/C20H24N2O6S/c1-15-7-8-16(29(24,25)22-9-11-27-12-10-22)13-17(15)21-20(23)14-28-19-6-4-3-5-18(19)26-2/h3-8,13H,9-12,14H2,1-2H3,(H,21,23). The first-order valence-electron chi connectivity index (χ1n) is 9.16. The van der Waals surface area contributed by atoms with E-state index in [0.29, 0.717) is 43.5 Å². The van der Waals surface area contributed by atoms with E-state index < -0.39 is 15.9 Å². The third kappa shape index (κ3) is 5.06. The van der Waals surface area contributed by atoms with Crippen molar-refractivity contribution in [2.45, 2.75) is 11.8 Å². The summed E-state index contributed by atoms with van der Waals surface area (Å²) >= 11 is 0. The lowest BCUT2D eigenvalue weighted by molar-refractivity contribution is -0.118. The number of hydrogen-bond acceptors (Lipinski definition) is 6. The molecule has 9 heteroatoms. The van der Waals surface area contributed by atoms with E-state index in [0.717, 1.165) is 5.56 Å². The predicted octanol–water partition coefficient (Wildman–Crippen LogP) is 2.04. The molecule has 1 heterocycles. The summed E-state index contributed by atoms with van der Waals surface area (Å²) in [7, 11) is -2.13. The third-order valence-corrected chi connectivity index (χ3v) is 6.41. The fraction of sp³-hybridized carbons (Fsp3) is 0.350. The van der Waals surface area contributed by atoms with Gasteiger partial charge in [-0.3, -0.25) is 4.79 Å². The van der Waals surface area contributed by atoms with Crippen molar-refractivity contribution in [1.82, 2.24) is 4.31 Å². The van der Waals surface area contributed by atoms with Crippen LogP contribution in [0.15, 0.2) is 47.4 Å². The van der Waals surface area contributed by atoms with Crippen molar-refractivity contribution < 1.29 is 27.4 Å². The Balaban J connectivity index is 1.70. The van der Waals surface area contributed by atoms with E-state index in [1.165, 1.54) is 17.5 Å². The van der Waals surface area contributed by atoms with Gasteiger partial charge in [0.15, 0.2) is 18.1 Å². The highest BCUT2D eigenvalue weighted by Crippen LogP contribution is 2.26. The molecule has 156 valence electrons. The van der Waals surface area contributed by atoms with Crippen LogP contribution in [-0.2, 0) is 19.6 Å². The van der Waals surface area contributed by atoms with Crippen LogP contribution in [0, 0.1) is 6.92 Å². The van der Waals surface area contributed by atoms with Gasteiger partial charge in [-0.25, -0.2) is 8.42 Å². The van der Waals surface area contributed by atoms with Gasteiger partial charge in [0.05, 0.1) is 25.2 Å². The Bertz CT molecular complexity index is 971. The van der Waals surface area contributed by atoms with E-state index in [2.05, 4.69) is 5.32 Å². The maximum atomic E-state index is 12.8. The lowest BCUT2D eigenvalue weighted by Gasteiger charge is -2.26. The molecular weight excluding hydrogens is 396 g/mol. The van der Waals surface area contributed by atoms with Gasteiger partial charge in [0.1, 0.15) is 0 Å². The van der Waals surface area contributed by atoms with Gasteiger partial charge >= 0.3 is 0 Å². The van der Waals surface area contributed by atoms with Crippen molar-refractivity contribution >= 4 is 21.6 Å². The Labute approximate surface area is 170 Å². The number of para-hydroxylation sites is 2. The summed E-state index contributed by atoms with van der Waals surface area (Å²) in [5.74, 6) is 0.570. The van der Waals surface area contributed by atoms with Crippen LogP contribution < -0.4 is 14.8 Å². The quantitative estimate of drug-likeness (QED) is 0.737. The van der Waals surface area contributed by atoms with Gasteiger partial charge in [-0.1, -0.05) is 18.2 Å². The van der Waals surface area contributed by atoms with Crippen molar-refractivity contribution in [3.05, 3.63) is 48.0 Å². The molecule has 1 amide bonds. The SMILES string of the molecule is COc1ccccc1OCC(=O)Nc1cc(S(=O)(=O)N2CCOCC2)ccc1C. The van der Waals surface area contributed by atoms with Gasteiger partial charge in [0.25, 0.3) is 5.91 Å². The summed E-state index contributed by atoms with van der Waals surface area (Å²) in [6.45, 7) is 2.92. The molecule has 0 saturated carbocycles. The van der Waals surface area contributed by atoms with E-state index in [4.69, 9.17) is 14.2 Å². The van der Waals surface area contributed by atoms with Crippen LogP contribution in [0.2, 0.25) is 0 Å². The molecule has 0 bridgehead atoms. The third-order valence-electron chi connectivity index (χ3n) is 4.52. The Hall–Kier alpha value is -2.62. The van der Waals surface area contributed by atoms with Crippen molar-refractivity contribution in [3.63, 3.8) is 0 Å². The molecule has 2 aromatic rings. The predicted molar refractivity (Wildman–Crippen MR) is 108 cm³/mol. The van der Waals surface area contributed by atoms with E-state index in [-0.39, 0.29) is 11.5 Å². The number of methoxy groups -OCH3 is 1. The molecule has 0 aliphatic carbocycles. The van der Waals surface area contributed by atoms with Gasteiger partial charge in [-0.05, 0) is 36.8 Å². The fourth-order valence-electron chi connectivity index (χ4n) is 2.90. The molecular formula is C20H24N2O6S. The van der Waals surface area contributed by atoms with E-state index >= 15 is 0 Å². The van der Waals surface area contributed by atoms with Crippen LogP contribution in [0.4, 0.5) is 5.69 Å². The van der Waals surface area contributed by atoms with Crippen LogP contribution in [0.25, 0.3) is 0 Å². The maximum absolute atomic E-state index is 12.8. The Kier molecular flexibility index (Phi) is 6.73. The van der Waals surface area contributed by atoms with Gasteiger partial charge in [0.2, 0.25) is 10.0 Å². The number of nitrogens with zero attached hydrogens (tertiary/aromatic N) is 1. The first-order valence-corrected chi connectivity index (χ1v) is 10.6. The molecule has 3 rings (SSSR count). The second kappa shape index (κ2) is 9.25. The molecule has 1 saturated heterocycles. The zero-order chi connectivity index (χ0) is 20.9. The molecule has 8 nitrogen and oxygen atoms in total. The number of hydrogen-bond donors (Lipinski definition) is 1. The first-order chi connectivity index (χ1) is 13.9. The van der Waals surface area contributed by atoms with E-state index in [9.17, 15) is 13.2 Å². The minimum absolute atomic E-state index is 0.131. The number of anilines is 1. The first kappa shape index (κ1) is 21.1. The second-order valence-corrected chi connectivity index (χ2v) is 8.42. The van der Waals surface area contributed by atoms with Crippen molar-refractivity contribution in [2.75, 3.05) is 45.3 Å². The molecule has 2 aromatic carbocycles. The summed E-state index contributed by atoms with van der Waals surface area (Å²) in [5, 5.41) is 2.72. The maximum Gasteiger partial charge on any atom is 0.262 e. The number of aryl methyl sites for hydroxylation is 1. The number of ether oxygens (including phenoxy) is 3. The van der Waals surface area contributed by atoms with Crippen LogP contribution in [-0.4, -0.2) is 58.7 Å². The number of morpholine rings is 1. The fourth-order valence-corrected chi connectivity index (χ4v) is 4.33. The summed E-state index contributed by atoms with van der Waals surface area (Å²) in [6.07, 6.45) is 0. The largest absolute Gasteiger partial charge is 0.493 e. The molecule has 1 fully saturated rings. The second-order valence-electron chi connectivity index (χ2n) is 6.48. The van der Waals surface area contributed by atoms with Crippen LogP contribution in [0.1, 0.15) is 5.56 Å². The molecule has 0 atom stereocenters. The zero-order valence-corrected chi connectivity index (χ0v) is 17.2. The summed E-state index contributed by atoms with van der Waals surface area (Å²) < 4.78 is 43.0. The highest BCUT2D eigenvalue weighted by molar-refractivity contribution is 7.89. The number of rotatable bonds is 7. The number of amides is 1. The van der Waals surface area contributed by atoms with Gasteiger partial charge in [0, 0.05) is 18.8 Å². The van der Waals surface area contributed by atoms with Crippen molar-refractivity contribution in [1.29, 1.82) is 0 Å². The number of carbonyl (C=O) groups is 1. The van der Waals surface area contributed by atoms with Gasteiger partial charge in [-0.2, -0.15) is 4.31 Å². The molecule has 1 aliphatic rings. The Morgan fingerprint density at radius 3 is 2.52 bits per heavy atom. The Morgan fingerprint density at radius 2 is 1.83 bits per heavy atom.